The van der Waals surface area contributed by atoms with Gasteiger partial charge >= 0.3 is 11.9 Å². The monoisotopic (exact) mass is 477 g/mol. The van der Waals surface area contributed by atoms with Gasteiger partial charge in [0.05, 0.1) is 32.8 Å². The van der Waals surface area contributed by atoms with E-state index in [4.69, 9.17) is 18.9 Å². The largest absolute Gasteiger partial charge is 0.497 e. The summed E-state index contributed by atoms with van der Waals surface area (Å²) < 4.78 is 20.5. The summed E-state index contributed by atoms with van der Waals surface area (Å²) in [6.07, 6.45) is 0.336. The molecule has 1 N–H and O–H groups in total. The van der Waals surface area contributed by atoms with E-state index in [0.29, 0.717) is 34.8 Å². The Kier molecular flexibility index (Phi) is 8.83. The van der Waals surface area contributed by atoms with E-state index in [1.54, 1.807) is 87.0 Å². The first-order valence-corrected chi connectivity index (χ1v) is 10.9. The van der Waals surface area contributed by atoms with E-state index >= 15 is 0 Å². The molecule has 0 unspecified atom stereocenters. The van der Waals surface area contributed by atoms with Crippen molar-refractivity contribution in [2.75, 3.05) is 27.9 Å². The zero-order valence-corrected chi connectivity index (χ0v) is 19.8. The van der Waals surface area contributed by atoms with Crippen LogP contribution >= 0.6 is 0 Å². The fourth-order valence-corrected chi connectivity index (χ4v) is 3.34. The van der Waals surface area contributed by atoms with Crippen LogP contribution in [0.25, 0.3) is 0 Å². The summed E-state index contributed by atoms with van der Waals surface area (Å²) in [5.41, 5.74) is 1.68. The molecular formula is C27H27NO7. The summed E-state index contributed by atoms with van der Waals surface area (Å²) in [6, 6.07) is 20.1. The minimum Gasteiger partial charge on any atom is -0.497 e. The summed E-state index contributed by atoms with van der Waals surface area (Å²) in [5, 5.41) is 2.78. The molecule has 0 aliphatic rings. The van der Waals surface area contributed by atoms with Crippen LogP contribution in [0, 0.1) is 5.92 Å². The van der Waals surface area contributed by atoms with Crippen LogP contribution in [-0.4, -0.2) is 45.7 Å². The lowest BCUT2D eigenvalue weighted by Crippen LogP contribution is -2.34. The molecule has 0 spiro atoms. The number of nitrogens with one attached hydrogen (secondary N) is 1. The second-order valence-electron chi connectivity index (χ2n) is 7.62. The predicted octanol–water partition coefficient (Wildman–Crippen LogP) is 3.68. The number of benzene rings is 3. The fraction of sp³-hybridized carbons (Fsp3) is 0.222. The van der Waals surface area contributed by atoms with Gasteiger partial charge in [0.2, 0.25) is 0 Å². The van der Waals surface area contributed by atoms with Crippen molar-refractivity contribution in [2.24, 2.45) is 5.92 Å². The van der Waals surface area contributed by atoms with Crippen molar-refractivity contribution in [1.29, 1.82) is 0 Å². The van der Waals surface area contributed by atoms with E-state index in [2.05, 4.69) is 5.32 Å². The summed E-state index contributed by atoms with van der Waals surface area (Å²) in [6.45, 7) is 0.103. The van der Waals surface area contributed by atoms with E-state index in [1.165, 1.54) is 7.11 Å². The van der Waals surface area contributed by atoms with E-state index in [1.807, 2.05) is 0 Å². The van der Waals surface area contributed by atoms with E-state index in [9.17, 15) is 14.4 Å². The zero-order chi connectivity index (χ0) is 25.2. The van der Waals surface area contributed by atoms with Gasteiger partial charge in [-0.3, -0.25) is 9.59 Å². The third kappa shape index (κ3) is 7.07. The molecule has 8 nitrogen and oxygen atoms in total. The molecule has 3 aromatic carbocycles. The molecule has 0 bridgehead atoms. The Morgan fingerprint density at radius 2 is 1.23 bits per heavy atom. The second-order valence-corrected chi connectivity index (χ2v) is 7.62. The quantitative estimate of drug-likeness (QED) is 0.351. The molecule has 0 radical (unpaired) electrons. The molecule has 3 aromatic rings. The van der Waals surface area contributed by atoms with Crippen LogP contribution in [0.2, 0.25) is 0 Å². The zero-order valence-electron chi connectivity index (χ0n) is 19.8. The van der Waals surface area contributed by atoms with Crippen LogP contribution in [0.15, 0.2) is 72.8 Å². The van der Waals surface area contributed by atoms with Crippen LogP contribution in [0.4, 0.5) is 0 Å². The summed E-state index contributed by atoms with van der Waals surface area (Å²) >= 11 is 0. The van der Waals surface area contributed by atoms with Crippen LogP contribution in [0.1, 0.15) is 26.3 Å². The van der Waals surface area contributed by atoms with Gasteiger partial charge in [-0.2, -0.15) is 0 Å². The van der Waals surface area contributed by atoms with Crippen molar-refractivity contribution < 1.29 is 33.3 Å². The van der Waals surface area contributed by atoms with Crippen LogP contribution in [-0.2, 0) is 16.0 Å². The van der Waals surface area contributed by atoms with Crippen LogP contribution < -0.4 is 19.5 Å². The molecule has 0 aromatic heterocycles. The number of methoxy groups -OCH3 is 3. The second kappa shape index (κ2) is 12.2. The Labute approximate surface area is 203 Å². The van der Waals surface area contributed by atoms with Gasteiger partial charge in [0.15, 0.2) is 0 Å². The molecule has 0 fully saturated rings. The third-order valence-electron chi connectivity index (χ3n) is 5.34. The van der Waals surface area contributed by atoms with Gasteiger partial charge in [-0.05, 0) is 72.6 Å². The third-order valence-corrected chi connectivity index (χ3v) is 5.34. The average molecular weight is 478 g/mol. The normalized spacial score (nSPS) is 11.2. The first kappa shape index (κ1) is 25.3. The highest BCUT2D eigenvalue weighted by atomic mass is 16.5. The van der Waals surface area contributed by atoms with Crippen molar-refractivity contribution in [3.63, 3.8) is 0 Å². The highest BCUT2D eigenvalue weighted by Crippen LogP contribution is 2.19. The number of carbonyl (C=O) groups is 3. The number of carbonyl (C=O) groups excluding carboxylic acids is 3. The Hall–Kier alpha value is -4.33. The lowest BCUT2D eigenvalue weighted by atomic mass is 9.99. The highest BCUT2D eigenvalue weighted by molar-refractivity contribution is 5.94. The maximum Gasteiger partial charge on any atom is 0.343 e. The van der Waals surface area contributed by atoms with Crippen LogP contribution in [0.5, 0.6) is 17.2 Å². The van der Waals surface area contributed by atoms with Gasteiger partial charge in [-0.15, -0.1) is 0 Å². The average Bonchev–Trinajstić information content (AvgIpc) is 2.91. The number of ether oxygens (including phenoxy) is 4. The lowest BCUT2D eigenvalue weighted by Gasteiger charge is -2.16. The Morgan fingerprint density at radius 1 is 0.714 bits per heavy atom. The first-order chi connectivity index (χ1) is 16.9. The van der Waals surface area contributed by atoms with Crippen molar-refractivity contribution in [3.05, 3.63) is 89.5 Å². The first-order valence-electron chi connectivity index (χ1n) is 10.9. The predicted molar refractivity (Wildman–Crippen MR) is 129 cm³/mol. The van der Waals surface area contributed by atoms with Crippen LogP contribution in [0.3, 0.4) is 0 Å². The van der Waals surface area contributed by atoms with Crippen molar-refractivity contribution in [2.45, 2.75) is 6.42 Å². The molecule has 0 saturated carbocycles. The topological polar surface area (TPSA) is 100 Å². The number of esters is 2. The molecule has 182 valence electrons. The standard InChI is InChI=1S/C27H27NO7/c1-32-22-12-6-19(7-13-22)25(29)28-17-21(26(30)34-3)16-18-4-10-24(11-5-18)35-27(31)20-8-14-23(33-2)15-9-20/h4-15,21H,16-17H2,1-3H3,(H,28,29)/t21-/m1/s1. The molecule has 8 heteroatoms. The molecule has 0 aliphatic carbocycles. The highest BCUT2D eigenvalue weighted by Gasteiger charge is 2.21. The fourth-order valence-electron chi connectivity index (χ4n) is 3.34. The van der Waals surface area contributed by atoms with Crippen molar-refractivity contribution >= 4 is 17.8 Å². The maximum atomic E-state index is 12.5. The van der Waals surface area contributed by atoms with Gasteiger partial charge in [-0.25, -0.2) is 4.79 Å². The molecule has 0 aliphatic heterocycles. The van der Waals surface area contributed by atoms with E-state index in [0.717, 1.165) is 5.56 Å². The molecule has 1 atom stereocenters. The van der Waals surface area contributed by atoms with Crippen molar-refractivity contribution in [1.82, 2.24) is 5.32 Å². The summed E-state index contributed by atoms with van der Waals surface area (Å²) in [7, 11) is 4.41. The van der Waals surface area contributed by atoms with Gasteiger partial charge in [0.25, 0.3) is 5.91 Å². The number of hydrogen-bond acceptors (Lipinski definition) is 7. The van der Waals surface area contributed by atoms with E-state index < -0.39 is 17.9 Å². The van der Waals surface area contributed by atoms with Gasteiger partial charge in [0.1, 0.15) is 17.2 Å². The SMILES string of the molecule is COC(=O)[C@@H](CNC(=O)c1ccc(OC)cc1)Cc1ccc(OC(=O)c2ccc(OC)cc2)cc1. The molecular weight excluding hydrogens is 450 g/mol. The Morgan fingerprint density at radius 3 is 1.74 bits per heavy atom. The Bertz CT molecular complexity index is 1140. The molecule has 1 amide bonds. The molecule has 0 heterocycles. The number of amides is 1. The summed E-state index contributed by atoms with van der Waals surface area (Å²) in [5.74, 6) is -0.156. The molecule has 0 saturated heterocycles. The number of hydrogen-bond donors (Lipinski definition) is 1. The summed E-state index contributed by atoms with van der Waals surface area (Å²) in [4.78, 5) is 37.1. The minimum absolute atomic E-state index is 0.103. The minimum atomic E-state index is -0.588. The molecule has 3 rings (SSSR count). The molecule has 35 heavy (non-hydrogen) atoms. The van der Waals surface area contributed by atoms with E-state index in [-0.39, 0.29) is 12.5 Å². The van der Waals surface area contributed by atoms with Gasteiger partial charge in [-0.1, -0.05) is 12.1 Å². The Balaban J connectivity index is 1.59. The smallest absolute Gasteiger partial charge is 0.343 e. The number of rotatable bonds is 10. The van der Waals surface area contributed by atoms with Gasteiger partial charge < -0.3 is 24.3 Å². The lowest BCUT2D eigenvalue weighted by molar-refractivity contribution is -0.145. The van der Waals surface area contributed by atoms with Crippen molar-refractivity contribution in [3.8, 4) is 17.2 Å². The maximum absolute atomic E-state index is 12.5. The van der Waals surface area contributed by atoms with Gasteiger partial charge in [0, 0.05) is 12.1 Å².